The van der Waals surface area contributed by atoms with E-state index in [-0.39, 0.29) is 17.0 Å². The fourth-order valence-electron chi connectivity index (χ4n) is 7.11. The van der Waals surface area contributed by atoms with Crippen LogP contribution in [0, 0.1) is 28.6 Å². The highest BCUT2D eigenvalue weighted by Gasteiger charge is 2.57. The van der Waals surface area contributed by atoms with Gasteiger partial charge in [-0.05, 0) is 79.1 Å². The van der Waals surface area contributed by atoms with Crippen molar-refractivity contribution in [1.29, 1.82) is 0 Å². The maximum atomic E-state index is 12.4. The van der Waals surface area contributed by atoms with Crippen LogP contribution in [0.3, 0.4) is 0 Å². The molecule has 0 aliphatic heterocycles. The molecule has 3 fully saturated rings. The second kappa shape index (κ2) is 5.52. The molecule has 1 N–H and O–H groups in total. The topological polar surface area (TPSA) is 54.4 Å². The minimum Gasteiger partial charge on any atom is -0.388 e. The van der Waals surface area contributed by atoms with Crippen molar-refractivity contribution in [2.45, 2.75) is 71.6 Å². The first kappa shape index (κ1) is 16.5. The first-order valence-corrected chi connectivity index (χ1v) is 9.81. The number of hydrogen-bond acceptors (Lipinski definition) is 3. The van der Waals surface area contributed by atoms with Crippen molar-refractivity contribution in [2.24, 2.45) is 28.6 Å². The van der Waals surface area contributed by atoms with Crippen molar-refractivity contribution in [3.05, 3.63) is 11.1 Å². The van der Waals surface area contributed by atoms with Gasteiger partial charge in [-0.3, -0.25) is 9.59 Å². The standard InChI is InChI=1S/C21H30O3/c1-20-9-3-4-14(20)13-5-6-16-19(18(24)12-22)17(23)8-11-21(16,2)15(13)7-10-20/h13-15,22H,3-12H2,1-2H3/t13-,14-,15+,20-,21+/m0/s1. The Morgan fingerprint density at radius 3 is 2.62 bits per heavy atom. The van der Waals surface area contributed by atoms with Gasteiger partial charge in [-0.25, -0.2) is 0 Å². The first-order valence-electron chi connectivity index (χ1n) is 9.81. The minimum absolute atomic E-state index is 0.000903. The smallest absolute Gasteiger partial charge is 0.191 e. The van der Waals surface area contributed by atoms with Crippen molar-refractivity contribution in [3.63, 3.8) is 0 Å². The molecule has 0 bridgehead atoms. The third kappa shape index (κ3) is 2.13. The summed E-state index contributed by atoms with van der Waals surface area (Å²) in [6, 6.07) is 0. The van der Waals surface area contributed by atoms with E-state index in [0.717, 1.165) is 36.7 Å². The summed E-state index contributed by atoms with van der Waals surface area (Å²) in [6.45, 7) is 4.28. The molecule has 132 valence electrons. The summed E-state index contributed by atoms with van der Waals surface area (Å²) in [7, 11) is 0. The zero-order chi connectivity index (χ0) is 17.1. The van der Waals surface area contributed by atoms with Gasteiger partial charge in [-0.15, -0.1) is 0 Å². The lowest BCUT2D eigenvalue weighted by Gasteiger charge is -2.57. The number of rotatable bonds is 2. The van der Waals surface area contributed by atoms with Crippen LogP contribution in [0.15, 0.2) is 11.1 Å². The predicted molar refractivity (Wildman–Crippen MR) is 92.4 cm³/mol. The lowest BCUT2D eigenvalue weighted by molar-refractivity contribution is -0.125. The van der Waals surface area contributed by atoms with Crippen LogP contribution in [0.1, 0.15) is 71.6 Å². The van der Waals surface area contributed by atoms with Gasteiger partial charge in [0.2, 0.25) is 0 Å². The van der Waals surface area contributed by atoms with Crippen molar-refractivity contribution in [2.75, 3.05) is 6.61 Å². The third-order valence-corrected chi connectivity index (χ3v) is 8.33. The van der Waals surface area contributed by atoms with Gasteiger partial charge in [0.15, 0.2) is 11.6 Å². The highest BCUT2D eigenvalue weighted by molar-refractivity contribution is 6.21. The molecular formula is C21H30O3. The SMILES string of the molecule is C[C@@]12CCC[C@H]1[C@@H]1CCC3=C(C(=O)CO)C(=O)CC[C@]3(C)[C@@H]1CC2. The summed E-state index contributed by atoms with van der Waals surface area (Å²) in [4.78, 5) is 24.6. The molecule has 0 radical (unpaired) electrons. The van der Waals surface area contributed by atoms with Gasteiger partial charge >= 0.3 is 0 Å². The Morgan fingerprint density at radius 1 is 1.08 bits per heavy atom. The Morgan fingerprint density at radius 2 is 1.88 bits per heavy atom. The second-order valence-electron chi connectivity index (χ2n) is 9.28. The van der Waals surface area contributed by atoms with Crippen LogP contribution in [0.25, 0.3) is 0 Å². The van der Waals surface area contributed by atoms with Crippen LogP contribution < -0.4 is 0 Å². The lowest BCUT2D eigenvalue weighted by atomic mass is 9.47. The Hall–Kier alpha value is -0.960. The molecule has 3 nitrogen and oxygen atoms in total. The number of ketones is 2. The molecule has 24 heavy (non-hydrogen) atoms. The van der Waals surface area contributed by atoms with Crippen molar-refractivity contribution < 1.29 is 14.7 Å². The summed E-state index contributed by atoms with van der Waals surface area (Å²) in [5.41, 5.74) is 2.01. The Bertz CT molecular complexity index is 619. The van der Waals surface area contributed by atoms with Gasteiger partial charge in [0, 0.05) is 6.42 Å². The van der Waals surface area contributed by atoms with Crippen LogP contribution in [-0.2, 0) is 9.59 Å². The number of allylic oxidation sites excluding steroid dienone is 1. The molecule has 4 rings (SSSR count). The van der Waals surface area contributed by atoms with E-state index in [0.29, 0.717) is 23.3 Å². The van der Waals surface area contributed by atoms with E-state index in [1.807, 2.05) is 0 Å². The molecule has 0 saturated heterocycles. The van der Waals surface area contributed by atoms with E-state index in [1.165, 1.54) is 32.1 Å². The number of carbonyl (C=O) groups excluding carboxylic acids is 2. The van der Waals surface area contributed by atoms with Gasteiger partial charge in [0.05, 0.1) is 5.57 Å². The molecule has 3 heteroatoms. The minimum atomic E-state index is -0.532. The first-order chi connectivity index (χ1) is 11.4. The summed E-state index contributed by atoms with van der Waals surface area (Å²) >= 11 is 0. The highest BCUT2D eigenvalue weighted by Crippen LogP contribution is 2.65. The number of aliphatic hydroxyl groups is 1. The molecule has 0 aromatic rings. The molecule has 4 aliphatic rings. The number of carbonyl (C=O) groups is 2. The molecule has 5 atom stereocenters. The molecule has 0 spiro atoms. The van der Waals surface area contributed by atoms with E-state index in [1.54, 1.807) is 0 Å². The third-order valence-electron chi connectivity index (χ3n) is 8.33. The molecule has 0 unspecified atom stereocenters. The van der Waals surface area contributed by atoms with Crippen molar-refractivity contribution >= 4 is 11.6 Å². The quantitative estimate of drug-likeness (QED) is 0.783. The zero-order valence-corrected chi connectivity index (χ0v) is 15.1. The number of hydrogen-bond donors (Lipinski definition) is 1. The molecule has 0 amide bonds. The number of aliphatic hydroxyl groups excluding tert-OH is 1. The van der Waals surface area contributed by atoms with Gasteiger partial charge in [-0.1, -0.05) is 20.3 Å². The van der Waals surface area contributed by atoms with E-state index >= 15 is 0 Å². The molecule has 0 aromatic carbocycles. The maximum Gasteiger partial charge on any atom is 0.191 e. The van der Waals surface area contributed by atoms with Crippen LogP contribution in [0.4, 0.5) is 0 Å². The summed E-state index contributed by atoms with van der Waals surface area (Å²) in [6.07, 6.45) is 10.1. The largest absolute Gasteiger partial charge is 0.388 e. The monoisotopic (exact) mass is 330 g/mol. The fourth-order valence-corrected chi connectivity index (χ4v) is 7.11. The molecule has 0 aromatic heterocycles. The van der Waals surface area contributed by atoms with Crippen molar-refractivity contribution in [1.82, 2.24) is 0 Å². The van der Waals surface area contributed by atoms with E-state index < -0.39 is 6.61 Å². The maximum absolute atomic E-state index is 12.4. The van der Waals surface area contributed by atoms with Gasteiger partial charge in [-0.2, -0.15) is 0 Å². The molecule has 4 aliphatic carbocycles. The van der Waals surface area contributed by atoms with Crippen molar-refractivity contribution in [3.8, 4) is 0 Å². The van der Waals surface area contributed by atoms with E-state index in [4.69, 9.17) is 0 Å². The van der Waals surface area contributed by atoms with Gasteiger partial charge in [0.1, 0.15) is 6.61 Å². The molecule has 0 heterocycles. The average molecular weight is 330 g/mol. The highest BCUT2D eigenvalue weighted by atomic mass is 16.3. The molecule has 3 saturated carbocycles. The van der Waals surface area contributed by atoms with Crippen LogP contribution in [0.5, 0.6) is 0 Å². The fraction of sp³-hybridized carbons (Fsp3) is 0.810. The van der Waals surface area contributed by atoms with E-state index in [9.17, 15) is 14.7 Å². The summed E-state index contributed by atoms with van der Waals surface area (Å²) in [5.74, 6) is 1.84. The predicted octanol–water partition coefficient (Wildman–Crippen LogP) is 3.84. The zero-order valence-electron chi connectivity index (χ0n) is 15.1. The Balaban J connectivity index is 1.75. The Labute approximate surface area is 144 Å². The van der Waals surface area contributed by atoms with Crippen LogP contribution >= 0.6 is 0 Å². The summed E-state index contributed by atoms with van der Waals surface area (Å²) in [5, 5.41) is 9.33. The normalized spacial score (nSPS) is 44.8. The second-order valence-corrected chi connectivity index (χ2v) is 9.28. The summed E-state index contributed by atoms with van der Waals surface area (Å²) < 4.78 is 0. The van der Waals surface area contributed by atoms with Gasteiger partial charge < -0.3 is 5.11 Å². The Kier molecular flexibility index (Phi) is 3.80. The lowest BCUT2D eigenvalue weighted by Crippen LogP contribution is -2.50. The average Bonchev–Trinajstić information content (AvgIpc) is 2.96. The van der Waals surface area contributed by atoms with Crippen LogP contribution in [0.2, 0.25) is 0 Å². The van der Waals surface area contributed by atoms with E-state index in [2.05, 4.69) is 13.8 Å². The van der Waals surface area contributed by atoms with Crippen LogP contribution in [-0.4, -0.2) is 23.3 Å². The molecular weight excluding hydrogens is 300 g/mol. The number of Topliss-reactive ketones (excluding diaryl/α,β-unsaturated/α-hetero) is 2. The van der Waals surface area contributed by atoms with Gasteiger partial charge in [0.25, 0.3) is 0 Å². The number of fused-ring (bicyclic) bond motifs is 5.